The molecule has 0 N–H and O–H groups in total. The lowest BCUT2D eigenvalue weighted by Gasteiger charge is -2.26. The molecule has 0 radical (unpaired) electrons. The highest BCUT2D eigenvalue weighted by Crippen LogP contribution is 2.16. The van der Waals surface area contributed by atoms with Crippen molar-refractivity contribution in [3.8, 4) is 0 Å². The largest absolute Gasteiger partial charge is 0.545 e. The van der Waals surface area contributed by atoms with Crippen LogP contribution in [0.25, 0.3) is 0 Å². The monoisotopic (exact) mass is 1230 g/mol. The fraction of sp³-hybridized carbons (Fsp3) is 0.613. The molecule has 0 aliphatic rings. The lowest BCUT2D eigenvalue weighted by atomic mass is 10.0. The second kappa shape index (κ2) is 68.6. The molecule has 0 aromatic carbocycles. The van der Waals surface area contributed by atoms with Gasteiger partial charge in [-0.2, -0.15) is 0 Å². The van der Waals surface area contributed by atoms with E-state index in [1.165, 1.54) is 77.0 Å². The Kier molecular flexibility index (Phi) is 64.4. The normalized spacial score (nSPS) is 13.8. The Balaban J connectivity index is 4.20. The molecule has 89 heavy (non-hydrogen) atoms. The number of carboxylic acid groups (broad SMARTS) is 1. The number of rotatable bonds is 63. The van der Waals surface area contributed by atoms with Crippen molar-refractivity contribution in [1.82, 2.24) is 0 Å². The van der Waals surface area contributed by atoms with Crippen molar-refractivity contribution in [1.29, 1.82) is 0 Å². The molecule has 0 bridgehead atoms. The van der Waals surface area contributed by atoms with E-state index in [1.807, 2.05) is 21.1 Å². The second-order valence-electron chi connectivity index (χ2n) is 24.1. The van der Waals surface area contributed by atoms with Gasteiger partial charge in [0.05, 0.1) is 40.3 Å². The summed E-state index contributed by atoms with van der Waals surface area (Å²) in [5.41, 5.74) is 0. The van der Waals surface area contributed by atoms with E-state index < -0.39 is 24.3 Å². The second-order valence-corrected chi connectivity index (χ2v) is 24.1. The number of hydrogen-bond acceptors (Lipinski definition) is 8. The third-order valence-electron chi connectivity index (χ3n) is 14.5. The van der Waals surface area contributed by atoms with E-state index in [2.05, 4.69) is 184 Å². The number of ether oxygens (including phenoxy) is 4. The Morgan fingerprint density at radius 3 is 0.899 bits per heavy atom. The molecule has 2 unspecified atom stereocenters. The van der Waals surface area contributed by atoms with Crippen LogP contribution in [0.2, 0.25) is 0 Å². The number of likely N-dealkylation sites (N-methyl/N-ethyl adjacent to an activating group) is 1. The molecule has 9 nitrogen and oxygen atoms in total. The maximum atomic E-state index is 12.9. The van der Waals surface area contributed by atoms with Crippen molar-refractivity contribution >= 4 is 17.9 Å². The lowest BCUT2D eigenvalue weighted by molar-refractivity contribution is -0.870. The predicted octanol–water partition coefficient (Wildman–Crippen LogP) is 20.9. The first kappa shape index (κ1) is 83.7. The number of unbranched alkanes of at least 4 members (excludes halogenated alkanes) is 20. The van der Waals surface area contributed by atoms with Crippen molar-refractivity contribution in [2.45, 2.75) is 270 Å². The van der Waals surface area contributed by atoms with Crippen molar-refractivity contribution in [3.05, 3.63) is 170 Å². The Labute approximate surface area is 546 Å². The molecular formula is C80H129NO8. The molecule has 502 valence electrons. The summed E-state index contributed by atoms with van der Waals surface area (Å²) >= 11 is 0. The maximum absolute atomic E-state index is 12.9. The Morgan fingerprint density at radius 1 is 0.337 bits per heavy atom. The summed E-state index contributed by atoms with van der Waals surface area (Å²) in [5.74, 6) is -2.31. The maximum Gasteiger partial charge on any atom is 0.306 e. The first-order valence-corrected chi connectivity index (χ1v) is 35.3. The van der Waals surface area contributed by atoms with Gasteiger partial charge in [0.2, 0.25) is 0 Å². The van der Waals surface area contributed by atoms with E-state index in [-0.39, 0.29) is 38.6 Å². The summed E-state index contributed by atoms with van der Waals surface area (Å²) in [4.78, 5) is 37.5. The third kappa shape index (κ3) is 70.0. The summed E-state index contributed by atoms with van der Waals surface area (Å²) in [6.45, 7) is 4.50. The molecule has 0 saturated carbocycles. The molecule has 0 saturated heterocycles. The average molecular weight is 1230 g/mol. The summed E-state index contributed by atoms with van der Waals surface area (Å²) in [5, 5.41) is 11.8. The number of carboxylic acids is 1. The molecule has 0 spiro atoms. The molecular weight excluding hydrogens is 1100 g/mol. The zero-order chi connectivity index (χ0) is 64.7. The summed E-state index contributed by atoms with van der Waals surface area (Å²) in [6.07, 6.45) is 99.9. The molecule has 0 aromatic heterocycles. The van der Waals surface area contributed by atoms with Gasteiger partial charge in [-0.1, -0.05) is 287 Å². The standard InChI is InChI=1S/C80H129NO8/c1-6-8-10-12-14-16-18-20-22-24-26-28-30-32-34-36-37-38-39-40-41-43-45-47-49-51-53-55-57-59-61-63-65-67-69-71-78(83)89-76(75-88-80(79(84)85)86-73-72-81(3,4)5)74-87-77(82)70-68-66-64-62-60-58-56-54-52-50-48-46-44-42-35-33-31-29-27-25-23-21-19-17-15-13-11-9-7-2/h8-11,14-17,20-23,26-29,32-35,37-38,40-41,44-47,76,80H,6-7,12-13,18-19,24-25,30-31,36,39,42-43,48-75H2,1-5H3/b10-8-,11-9-,16-14-,17-15-,22-20-,23-21-,28-26-,29-27-,34-32-,35-33-,38-37-,41-40-,46-44-,47-45-. The third-order valence-corrected chi connectivity index (χ3v) is 14.5. The smallest absolute Gasteiger partial charge is 0.306 e. The predicted molar refractivity (Wildman–Crippen MR) is 379 cm³/mol. The Morgan fingerprint density at radius 2 is 0.607 bits per heavy atom. The number of allylic oxidation sites excluding steroid dienone is 28. The van der Waals surface area contributed by atoms with Gasteiger partial charge in [0.25, 0.3) is 0 Å². The molecule has 0 amide bonds. The van der Waals surface area contributed by atoms with Crippen LogP contribution in [0.5, 0.6) is 0 Å². The van der Waals surface area contributed by atoms with Crippen LogP contribution >= 0.6 is 0 Å². The summed E-state index contributed by atoms with van der Waals surface area (Å²) in [7, 11) is 5.92. The number of quaternary nitrogens is 1. The topological polar surface area (TPSA) is 111 Å². The number of aliphatic carboxylic acids is 1. The van der Waals surface area contributed by atoms with Crippen LogP contribution in [-0.4, -0.2) is 82.3 Å². The Bertz CT molecular complexity index is 2070. The minimum absolute atomic E-state index is 0.137. The van der Waals surface area contributed by atoms with E-state index in [9.17, 15) is 19.5 Å². The number of nitrogens with zero attached hydrogens (tertiary/aromatic N) is 1. The fourth-order valence-electron chi connectivity index (χ4n) is 9.14. The number of hydrogen-bond donors (Lipinski definition) is 0. The van der Waals surface area contributed by atoms with Gasteiger partial charge in [0.1, 0.15) is 13.2 Å². The summed E-state index contributed by atoms with van der Waals surface area (Å²) in [6, 6.07) is 0. The van der Waals surface area contributed by atoms with Gasteiger partial charge in [0.15, 0.2) is 12.4 Å². The van der Waals surface area contributed by atoms with Crippen molar-refractivity contribution < 1.29 is 42.9 Å². The van der Waals surface area contributed by atoms with Crippen LogP contribution in [-0.2, 0) is 33.3 Å². The van der Waals surface area contributed by atoms with Crippen LogP contribution in [0.4, 0.5) is 0 Å². The first-order chi connectivity index (χ1) is 43.6. The van der Waals surface area contributed by atoms with Crippen LogP contribution < -0.4 is 5.11 Å². The molecule has 0 fully saturated rings. The summed E-state index contributed by atoms with van der Waals surface area (Å²) < 4.78 is 22.8. The SMILES string of the molecule is CC/C=C\C/C=C\C/C=C\C/C=C\C/C=C\C/C=C\C/C=C\C/C=C\CCCCCCCCCCCCC(=O)OC(COC(=O)CCCCCCCCCCCC/C=C\C/C=C\C/C=C\C/C=C\C/C=C\C/C=C\CC)COC(OCC[N+](C)(C)C)C(=O)[O-]. The van der Waals surface area contributed by atoms with Crippen LogP contribution in [0, 0.1) is 0 Å². The van der Waals surface area contributed by atoms with Gasteiger partial charge >= 0.3 is 11.9 Å². The van der Waals surface area contributed by atoms with Crippen LogP contribution in [0.15, 0.2) is 170 Å². The number of esters is 2. The van der Waals surface area contributed by atoms with Gasteiger partial charge < -0.3 is 33.3 Å². The zero-order valence-electron chi connectivity index (χ0n) is 57.2. The molecule has 0 rings (SSSR count). The lowest BCUT2D eigenvalue weighted by Crippen LogP contribution is -2.44. The quantitative estimate of drug-likeness (QED) is 0.0195. The van der Waals surface area contributed by atoms with E-state index in [1.54, 1.807) is 0 Å². The highest BCUT2D eigenvalue weighted by atomic mass is 16.7. The van der Waals surface area contributed by atoms with Crippen molar-refractivity contribution in [2.24, 2.45) is 0 Å². The van der Waals surface area contributed by atoms with E-state index in [0.717, 1.165) is 148 Å². The molecule has 2 atom stereocenters. The van der Waals surface area contributed by atoms with Crippen LogP contribution in [0.1, 0.15) is 258 Å². The average Bonchev–Trinajstić information content (AvgIpc) is 3.64. The number of carbonyl (C=O) groups is 3. The minimum Gasteiger partial charge on any atom is -0.545 e. The fourth-order valence-corrected chi connectivity index (χ4v) is 9.14. The molecule has 0 aliphatic heterocycles. The highest BCUT2D eigenvalue weighted by Gasteiger charge is 2.22. The van der Waals surface area contributed by atoms with Crippen molar-refractivity contribution in [3.63, 3.8) is 0 Å². The van der Waals surface area contributed by atoms with E-state index in [0.29, 0.717) is 17.4 Å². The number of carbonyl (C=O) groups excluding carboxylic acids is 3. The highest BCUT2D eigenvalue weighted by molar-refractivity contribution is 5.70. The van der Waals surface area contributed by atoms with Crippen molar-refractivity contribution in [2.75, 3.05) is 47.5 Å². The zero-order valence-corrected chi connectivity index (χ0v) is 57.2. The van der Waals surface area contributed by atoms with Gasteiger partial charge in [-0.15, -0.1) is 0 Å². The molecule has 0 heterocycles. The van der Waals surface area contributed by atoms with Gasteiger partial charge in [0, 0.05) is 12.8 Å². The van der Waals surface area contributed by atoms with Gasteiger partial charge in [-0.3, -0.25) is 9.59 Å². The molecule has 0 aliphatic carbocycles. The van der Waals surface area contributed by atoms with Gasteiger partial charge in [-0.25, -0.2) is 0 Å². The molecule has 9 heteroatoms. The van der Waals surface area contributed by atoms with E-state index in [4.69, 9.17) is 18.9 Å². The van der Waals surface area contributed by atoms with E-state index >= 15 is 0 Å². The molecule has 0 aromatic rings. The first-order valence-electron chi connectivity index (χ1n) is 35.3. The minimum atomic E-state index is -1.64. The Hall–Kier alpha value is -5.35. The van der Waals surface area contributed by atoms with Crippen LogP contribution in [0.3, 0.4) is 0 Å². The van der Waals surface area contributed by atoms with Gasteiger partial charge in [-0.05, 0) is 128 Å².